The summed E-state index contributed by atoms with van der Waals surface area (Å²) in [7, 11) is 0. The molecule has 6 heteroatoms. The van der Waals surface area contributed by atoms with E-state index in [0.717, 1.165) is 10.9 Å². The van der Waals surface area contributed by atoms with Crippen LogP contribution in [0, 0.1) is 6.92 Å². The van der Waals surface area contributed by atoms with Crippen molar-refractivity contribution in [2.24, 2.45) is 0 Å². The Kier molecular flexibility index (Phi) is 3.15. The number of anilines is 1. The molecule has 124 valence electrons. The summed E-state index contributed by atoms with van der Waals surface area (Å²) in [5.74, 6) is -0.979. The van der Waals surface area contributed by atoms with Crippen LogP contribution in [-0.2, 0) is 0 Å². The highest BCUT2D eigenvalue weighted by atomic mass is 16.4. The normalized spacial score (nSPS) is 11.2. The van der Waals surface area contributed by atoms with E-state index >= 15 is 0 Å². The van der Waals surface area contributed by atoms with Gasteiger partial charge in [0.05, 0.1) is 22.2 Å². The fraction of sp³-hybridized carbons (Fsp3) is 0.0526. The second-order valence-corrected chi connectivity index (χ2v) is 5.83. The number of carbonyl (C=O) groups is 1. The van der Waals surface area contributed by atoms with Gasteiger partial charge in [0, 0.05) is 5.39 Å². The number of benzene rings is 2. The van der Waals surface area contributed by atoms with Crippen LogP contribution in [0.15, 0.2) is 46.9 Å². The molecule has 4 N–H and O–H groups in total. The average molecular weight is 334 g/mol. The lowest BCUT2D eigenvalue weighted by Crippen LogP contribution is -2.02. The summed E-state index contributed by atoms with van der Waals surface area (Å²) < 4.78 is 5.80. The fourth-order valence-electron chi connectivity index (χ4n) is 3.00. The third-order valence-corrected chi connectivity index (χ3v) is 4.24. The molecule has 0 spiro atoms. The second kappa shape index (κ2) is 5.24. The van der Waals surface area contributed by atoms with Gasteiger partial charge in [-0.25, -0.2) is 9.78 Å². The Bertz CT molecular complexity index is 1160. The lowest BCUT2D eigenvalue weighted by Gasteiger charge is -2.09. The number of carboxylic acids is 1. The molecular weight excluding hydrogens is 320 g/mol. The van der Waals surface area contributed by atoms with Gasteiger partial charge in [-0.2, -0.15) is 0 Å². The quantitative estimate of drug-likeness (QED) is 0.512. The number of furan rings is 1. The number of aromatic hydroxyl groups is 1. The molecule has 0 radical (unpaired) electrons. The van der Waals surface area contributed by atoms with Crippen LogP contribution < -0.4 is 5.73 Å². The lowest BCUT2D eigenvalue weighted by molar-refractivity contribution is 0.0698. The number of phenols is 1. The molecule has 25 heavy (non-hydrogen) atoms. The van der Waals surface area contributed by atoms with Gasteiger partial charge in [0.25, 0.3) is 0 Å². The van der Waals surface area contributed by atoms with Crippen molar-refractivity contribution in [2.45, 2.75) is 6.92 Å². The highest BCUT2D eigenvalue weighted by Gasteiger charge is 2.21. The highest BCUT2D eigenvalue weighted by Crippen LogP contribution is 2.38. The van der Waals surface area contributed by atoms with Crippen molar-refractivity contribution in [3.8, 4) is 17.2 Å². The summed E-state index contributed by atoms with van der Waals surface area (Å²) in [6, 6.07) is 11.8. The summed E-state index contributed by atoms with van der Waals surface area (Å²) in [5, 5.41) is 20.6. The molecular formula is C19H14N2O4. The van der Waals surface area contributed by atoms with Crippen LogP contribution in [0.1, 0.15) is 15.9 Å². The van der Waals surface area contributed by atoms with Crippen LogP contribution in [0.4, 0.5) is 5.69 Å². The Hall–Kier alpha value is -3.54. The van der Waals surface area contributed by atoms with E-state index < -0.39 is 5.97 Å². The zero-order valence-corrected chi connectivity index (χ0v) is 13.3. The van der Waals surface area contributed by atoms with Crippen LogP contribution >= 0.6 is 0 Å². The van der Waals surface area contributed by atoms with Crippen LogP contribution in [0.2, 0.25) is 0 Å². The molecule has 0 aliphatic rings. The maximum atomic E-state index is 11.7. The number of para-hydroxylation sites is 1. The first-order valence-electron chi connectivity index (χ1n) is 7.61. The van der Waals surface area contributed by atoms with Gasteiger partial charge in [-0.05, 0) is 36.8 Å². The summed E-state index contributed by atoms with van der Waals surface area (Å²) in [5.41, 5.74) is 8.57. The first kappa shape index (κ1) is 15.0. The van der Waals surface area contributed by atoms with E-state index in [-0.39, 0.29) is 16.7 Å². The summed E-state index contributed by atoms with van der Waals surface area (Å²) in [4.78, 5) is 16.2. The van der Waals surface area contributed by atoms with E-state index in [1.54, 1.807) is 19.1 Å². The molecule has 0 fully saturated rings. The molecule has 0 unspecified atom stereocenters. The number of carboxylic acid groups (broad SMARTS) is 1. The number of fused-ring (bicyclic) bond motifs is 2. The van der Waals surface area contributed by atoms with Crippen molar-refractivity contribution >= 4 is 33.5 Å². The number of rotatable bonds is 2. The van der Waals surface area contributed by atoms with Gasteiger partial charge in [-0.3, -0.25) is 0 Å². The van der Waals surface area contributed by atoms with E-state index in [0.29, 0.717) is 28.2 Å². The van der Waals surface area contributed by atoms with Gasteiger partial charge >= 0.3 is 5.97 Å². The van der Waals surface area contributed by atoms with Gasteiger partial charge < -0.3 is 20.4 Å². The van der Waals surface area contributed by atoms with E-state index in [9.17, 15) is 15.0 Å². The second-order valence-electron chi connectivity index (χ2n) is 5.83. The molecule has 0 aliphatic carbocycles. The number of aryl methyl sites for hydroxylation is 1. The molecule has 6 nitrogen and oxygen atoms in total. The number of aromatic nitrogens is 1. The summed E-state index contributed by atoms with van der Waals surface area (Å²) >= 11 is 0. The van der Waals surface area contributed by atoms with Crippen LogP contribution in [0.5, 0.6) is 5.75 Å². The van der Waals surface area contributed by atoms with Gasteiger partial charge in [0.2, 0.25) is 0 Å². The molecule has 0 bridgehead atoms. The molecule has 0 saturated heterocycles. The molecule has 2 aromatic heterocycles. The predicted octanol–water partition coefficient (Wildman–Crippen LogP) is 3.94. The van der Waals surface area contributed by atoms with Crippen molar-refractivity contribution < 1.29 is 19.4 Å². The first-order chi connectivity index (χ1) is 12.0. The minimum atomic E-state index is -1.16. The molecule has 4 rings (SSSR count). The van der Waals surface area contributed by atoms with Gasteiger partial charge in [-0.1, -0.05) is 18.2 Å². The minimum absolute atomic E-state index is 0.0546. The zero-order chi connectivity index (χ0) is 17.7. The molecule has 0 amide bonds. The van der Waals surface area contributed by atoms with Gasteiger partial charge in [-0.15, -0.1) is 0 Å². The third kappa shape index (κ3) is 2.19. The van der Waals surface area contributed by atoms with Crippen LogP contribution in [-0.4, -0.2) is 21.2 Å². The number of nitrogen functional groups attached to an aromatic ring is 1. The number of pyridine rings is 1. The molecule has 2 aromatic carbocycles. The first-order valence-corrected chi connectivity index (χ1v) is 7.61. The van der Waals surface area contributed by atoms with Crippen molar-refractivity contribution in [2.75, 3.05) is 5.73 Å². The molecule has 2 heterocycles. The number of nitrogens with two attached hydrogens (primary N) is 1. The third-order valence-electron chi connectivity index (χ3n) is 4.24. The van der Waals surface area contributed by atoms with E-state index in [1.165, 1.54) is 12.1 Å². The van der Waals surface area contributed by atoms with Crippen LogP contribution in [0.3, 0.4) is 0 Å². The SMILES string of the molecule is Cc1ccc(O)c2c(C(=O)O)cc(-c3oc4ccccc4c3N)nc12. The lowest BCUT2D eigenvalue weighted by atomic mass is 10.0. The van der Waals surface area contributed by atoms with E-state index in [4.69, 9.17) is 10.2 Å². The standard InChI is InChI=1S/C19H14N2O4/c1-9-6-7-13(22)15-11(19(23)24)8-12(21-17(9)15)18-16(20)10-4-2-3-5-14(10)25-18/h2-8,22H,20H2,1H3,(H,23,24). The topological polar surface area (TPSA) is 110 Å². The summed E-state index contributed by atoms with van der Waals surface area (Å²) in [6.45, 7) is 1.80. The zero-order valence-electron chi connectivity index (χ0n) is 13.3. The highest BCUT2D eigenvalue weighted by molar-refractivity contribution is 6.08. The Morgan fingerprint density at radius 2 is 1.96 bits per heavy atom. The van der Waals surface area contributed by atoms with Crippen LogP contribution in [0.25, 0.3) is 33.3 Å². The van der Waals surface area contributed by atoms with Crippen molar-refractivity contribution in [1.82, 2.24) is 4.98 Å². The number of hydrogen-bond donors (Lipinski definition) is 3. The maximum absolute atomic E-state index is 11.7. The Morgan fingerprint density at radius 1 is 1.20 bits per heavy atom. The monoisotopic (exact) mass is 334 g/mol. The smallest absolute Gasteiger partial charge is 0.336 e. The largest absolute Gasteiger partial charge is 0.507 e. The summed E-state index contributed by atoms with van der Waals surface area (Å²) in [6.07, 6.45) is 0. The molecule has 0 saturated carbocycles. The minimum Gasteiger partial charge on any atom is -0.507 e. The van der Waals surface area contributed by atoms with Gasteiger partial charge in [0.15, 0.2) is 5.76 Å². The molecule has 0 atom stereocenters. The van der Waals surface area contributed by atoms with Crippen molar-refractivity contribution in [3.63, 3.8) is 0 Å². The van der Waals surface area contributed by atoms with Crippen molar-refractivity contribution in [1.29, 1.82) is 0 Å². The Balaban J connectivity index is 2.10. The maximum Gasteiger partial charge on any atom is 0.336 e. The average Bonchev–Trinajstić information content (AvgIpc) is 2.94. The van der Waals surface area contributed by atoms with Crippen molar-refractivity contribution in [3.05, 3.63) is 53.6 Å². The number of nitrogens with zero attached hydrogens (tertiary/aromatic N) is 1. The number of aromatic carboxylic acids is 1. The van der Waals surface area contributed by atoms with Gasteiger partial charge in [0.1, 0.15) is 17.0 Å². The molecule has 0 aliphatic heterocycles. The predicted molar refractivity (Wildman–Crippen MR) is 94.7 cm³/mol. The van der Waals surface area contributed by atoms with E-state index in [1.807, 2.05) is 18.2 Å². The molecule has 4 aromatic rings. The number of hydrogen-bond acceptors (Lipinski definition) is 5. The Labute approximate surface area is 142 Å². The Morgan fingerprint density at radius 3 is 2.68 bits per heavy atom. The van der Waals surface area contributed by atoms with E-state index in [2.05, 4.69) is 4.98 Å². The number of phenolic OH excluding ortho intramolecular Hbond substituents is 1. The fourth-order valence-corrected chi connectivity index (χ4v) is 3.00.